The zero-order chi connectivity index (χ0) is 17.0. The van der Waals surface area contributed by atoms with Gasteiger partial charge >= 0.3 is 0 Å². The number of rotatable bonds is 5. The summed E-state index contributed by atoms with van der Waals surface area (Å²) < 4.78 is 26.6. The predicted octanol–water partition coefficient (Wildman–Crippen LogP) is 3.87. The van der Waals surface area contributed by atoms with Crippen molar-refractivity contribution in [2.24, 2.45) is 0 Å². The van der Waals surface area contributed by atoms with Crippen LogP contribution in [0.4, 0.5) is 14.5 Å². The summed E-state index contributed by atoms with van der Waals surface area (Å²) in [5.74, 6) is -1.46. The number of benzene rings is 2. The first kappa shape index (κ1) is 17.1. The van der Waals surface area contributed by atoms with Crippen LogP contribution in [0, 0.1) is 25.5 Å². The summed E-state index contributed by atoms with van der Waals surface area (Å²) in [7, 11) is 0. The second kappa shape index (κ2) is 7.33. The quantitative estimate of drug-likeness (QED) is 0.878. The lowest BCUT2D eigenvalue weighted by Gasteiger charge is -2.16. The van der Waals surface area contributed by atoms with Crippen LogP contribution < -0.4 is 10.6 Å². The molecule has 0 aliphatic carbocycles. The number of halogens is 2. The molecule has 0 bridgehead atoms. The van der Waals surface area contributed by atoms with Crippen LogP contribution in [-0.2, 0) is 4.79 Å². The van der Waals surface area contributed by atoms with Crippen LogP contribution in [-0.4, -0.2) is 12.5 Å². The molecule has 23 heavy (non-hydrogen) atoms. The largest absolute Gasteiger partial charge is 0.325 e. The summed E-state index contributed by atoms with van der Waals surface area (Å²) >= 11 is 0. The molecule has 1 atom stereocenters. The Hall–Kier alpha value is -2.27. The van der Waals surface area contributed by atoms with Crippen molar-refractivity contribution in [2.75, 3.05) is 11.9 Å². The van der Waals surface area contributed by atoms with Gasteiger partial charge in [0.25, 0.3) is 0 Å². The molecule has 2 aromatic rings. The Kier molecular flexibility index (Phi) is 5.45. The van der Waals surface area contributed by atoms with Crippen LogP contribution in [0.5, 0.6) is 0 Å². The molecular weight excluding hydrogens is 298 g/mol. The molecule has 5 heteroatoms. The average Bonchev–Trinajstić information content (AvgIpc) is 2.49. The third kappa shape index (κ3) is 4.36. The maximum absolute atomic E-state index is 13.7. The molecule has 0 aliphatic rings. The van der Waals surface area contributed by atoms with Gasteiger partial charge in [-0.3, -0.25) is 4.79 Å². The van der Waals surface area contributed by atoms with E-state index in [0.29, 0.717) is 5.56 Å². The normalized spacial score (nSPS) is 12.0. The Bertz CT molecular complexity index is 716. The van der Waals surface area contributed by atoms with E-state index < -0.39 is 17.7 Å². The van der Waals surface area contributed by atoms with Gasteiger partial charge in [-0.05, 0) is 44.0 Å². The second-order valence-electron chi connectivity index (χ2n) is 5.56. The minimum absolute atomic E-state index is 0.0331. The molecule has 0 saturated carbocycles. The van der Waals surface area contributed by atoms with Gasteiger partial charge in [0, 0.05) is 23.4 Å². The van der Waals surface area contributed by atoms with Gasteiger partial charge in [0.15, 0.2) is 0 Å². The van der Waals surface area contributed by atoms with Crippen molar-refractivity contribution < 1.29 is 13.6 Å². The van der Waals surface area contributed by atoms with E-state index in [1.165, 1.54) is 12.1 Å². The predicted molar refractivity (Wildman–Crippen MR) is 87.3 cm³/mol. The number of amides is 1. The molecule has 0 spiro atoms. The van der Waals surface area contributed by atoms with Crippen molar-refractivity contribution in [1.29, 1.82) is 0 Å². The summed E-state index contributed by atoms with van der Waals surface area (Å²) in [5.41, 5.74) is 3.19. The topological polar surface area (TPSA) is 41.1 Å². The van der Waals surface area contributed by atoms with Crippen LogP contribution in [0.25, 0.3) is 0 Å². The van der Waals surface area contributed by atoms with E-state index in [9.17, 15) is 13.6 Å². The summed E-state index contributed by atoms with van der Waals surface area (Å²) in [5, 5.41) is 5.77. The SMILES string of the molecule is Cc1cccc(NC(=O)CN[C@@H](C)c2ccc(F)cc2F)c1C. The van der Waals surface area contributed by atoms with Crippen LogP contribution in [0.2, 0.25) is 0 Å². The van der Waals surface area contributed by atoms with E-state index in [0.717, 1.165) is 22.9 Å². The van der Waals surface area contributed by atoms with Gasteiger partial charge in [0.2, 0.25) is 5.91 Å². The van der Waals surface area contributed by atoms with E-state index in [-0.39, 0.29) is 12.5 Å². The van der Waals surface area contributed by atoms with Crippen molar-refractivity contribution in [2.45, 2.75) is 26.8 Å². The first-order valence-corrected chi connectivity index (χ1v) is 7.43. The number of hydrogen-bond acceptors (Lipinski definition) is 2. The number of anilines is 1. The Morgan fingerprint density at radius 1 is 1.17 bits per heavy atom. The Labute approximate surface area is 134 Å². The fourth-order valence-corrected chi connectivity index (χ4v) is 2.29. The fraction of sp³-hybridized carbons (Fsp3) is 0.278. The molecule has 0 aromatic heterocycles. The van der Waals surface area contributed by atoms with Crippen molar-refractivity contribution >= 4 is 11.6 Å². The second-order valence-corrected chi connectivity index (χ2v) is 5.56. The average molecular weight is 318 g/mol. The number of hydrogen-bond donors (Lipinski definition) is 2. The highest BCUT2D eigenvalue weighted by Crippen LogP contribution is 2.19. The molecule has 2 aromatic carbocycles. The smallest absolute Gasteiger partial charge is 0.238 e. The minimum Gasteiger partial charge on any atom is -0.325 e. The third-order valence-corrected chi connectivity index (χ3v) is 3.88. The lowest BCUT2D eigenvalue weighted by Crippen LogP contribution is -2.30. The molecule has 2 N–H and O–H groups in total. The van der Waals surface area contributed by atoms with Gasteiger partial charge in [0.1, 0.15) is 11.6 Å². The molecule has 0 radical (unpaired) electrons. The monoisotopic (exact) mass is 318 g/mol. The zero-order valence-corrected chi connectivity index (χ0v) is 13.4. The highest BCUT2D eigenvalue weighted by atomic mass is 19.1. The van der Waals surface area contributed by atoms with Crippen molar-refractivity contribution in [3.63, 3.8) is 0 Å². The van der Waals surface area contributed by atoms with Crippen molar-refractivity contribution in [3.05, 3.63) is 64.7 Å². The highest BCUT2D eigenvalue weighted by Gasteiger charge is 2.13. The summed E-state index contributed by atoms with van der Waals surface area (Å²) in [6, 6.07) is 8.70. The van der Waals surface area contributed by atoms with Crippen LogP contribution in [0.15, 0.2) is 36.4 Å². The Morgan fingerprint density at radius 2 is 1.91 bits per heavy atom. The van der Waals surface area contributed by atoms with Gasteiger partial charge in [-0.25, -0.2) is 8.78 Å². The van der Waals surface area contributed by atoms with Gasteiger partial charge < -0.3 is 10.6 Å². The molecule has 0 aliphatic heterocycles. The molecule has 2 rings (SSSR count). The van der Waals surface area contributed by atoms with E-state index in [1.807, 2.05) is 32.0 Å². The van der Waals surface area contributed by atoms with E-state index >= 15 is 0 Å². The van der Waals surface area contributed by atoms with Crippen LogP contribution in [0.1, 0.15) is 29.7 Å². The lowest BCUT2D eigenvalue weighted by molar-refractivity contribution is -0.115. The van der Waals surface area contributed by atoms with E-state index in [1.54, 1.807) is 6.92 Å². The number of aryl methyl sites for hydroxylation is 1. The molecule has 0 saturated heterocycles. The maximum Gasteiger partial charge on any atom is 0.238 e. The molecule has 122 valence electrons. The Morgan fingerprint density at radius 3 is 2.61 bits per heavy atom. The van der Waals surface area contributed by atoms with Gasteiger partial charge in [-0.2, -0.15) is 0 Å². The zero-order valence-electron chi connectivity index (χ0n) is 13.4. The summed E-state index contributed by atoms with van der Waals surface area (Å²) in [6.45, 7) is 5.67. The minimum atomic E-state index is -0.625. The standard InChI is InChI=1S/C18H20F2N2O/c1-11-5-4-6-17(12(11)2)22-18(23)10-21-13(3)15-8-7-14(19)9-16(15)20/h4-9,13,21H,10H2,1-3H3,(H,22,23)/t13-/m0/s1. The van der Waals surface area contributed by atoms with Crippen molar-refractivity contribution in [3.8, 4) is 0 Å². The third-order valence-electron chi connectivity index (χ3n) is 3.88. The number of nitrogens with one attached hydrogen (secondary N) is 2. The number of carbonyl (C=O) groups is 1. The number of carbonyl (C=O) groups excluding carboxylic acids is 1. The molecule has 0 heterocycles. The highest BCUT2D eigenvalue weighted by molar-refractivity contribution is 5.93. The van der Waals surface area contributed by atoms with Crippen LogP contribution >= 0.6 is 0 Å². The molecule has 1 amide bonds. The fourth-order valence-electron chi connectivity index (χ4n) is 2.29. The van der Waals surface area contributed by atoms with Gasteiger partial charge in [-0.15, -0.1) is 0 Å². The first-order valence-electron chi connectivity index (χ1n) is 7.43. The Balaban J connectivity index is 1.95. The van der Waals surface area contributed by atoms with Gasteiger partial charge in [0.05, 0.1) is 6.54 Å². The van der Waals surface area contributed by atoms with E-state index in [2.05, 4.69) is 10.6 Å². The molecule has 0 unspecified atom stereocenters. The molecular formula is C18H20F2N2O. The van der Waals surface area contributed by atoms with Crippen molar-refractivity contribution in [1.82, 2.24) is 5.32 Å². The van der Waals surface area contributed by atoms with E-state index in [4.69, 9.17) is 0 Å². The van der Waals surface area contributed by atoms with Gasteiger partial charge in [-0.1, -0.05) is 18.2 Å². The summed E-state index contributed by atoms with van der Waals surface area (Å²) in [4.78, 5) is 12.0. The first-order chi connectivity index (χ1) is 10.9. The molecule has 0 fully saturated rings. The van der Waals surface area contributed by atoms with Crippen LogP contribution in [0.3, 0.4) is 0 Å². The summed E-state index contributed by atoms with van der Waals surface area (Å²) in [6.07, 6.45) is 0. The molecule has 3 nitrogen and oxygen atoms in total. The maximum atomic E-state index is 13.7. The lowest BCUT2D eigenvalue weighted by atomic mass is 10.1.